The highest BCUT2D eigenvalue weighted by Gasteiger charge is 2.20. The van der Waals surface area contributed by atoms with Gasteiger partial charge >= 0.3 is 0 Å². The quantitative estimate of drug-likeness (QED) is 0.680. The molecule has 21 heavy (non-hydrogen) atoms. The Bertz CT molecular complexity index is 524. The topological polar surface area (TPSA) is 76.7 Å². The molecule has 0 heterocycles. The van der Waals surface area contributed by atoms with Crippen LogP contribution in [0.2, 0.25) is 0 Å². The summed E-state index contributed by atoms with van der Waals surface area (Å²) in [5, 5.41) is 2.56. The van der Waals surface area contributed by atoms with Gasteiger partial charge in [-0.15, -0.1) is 0 Å². The summed E-state index contributed by atoms with van der Waals surface area (Å²) in [6.45, 7) is 4.91. The number of rotatable bonds is 9. The van der Waals surface area contributed by atoms with E-state index in [2.05, 4.69) is 10.0 Å². The maximum absolute atomic E-state index is 12.3. The molecule has 1 aromatic rings. The molecule has 0 aliphatic rings. The van der Waals surface area contributed by atoms with Gasteiger partial charge in [0.05, 0.1) is 25.2 Å². The Morgan fingerprint density at radius 2 is 1.71 bits per heavy atom. The van der Waals surface area contributed by atoms with E-state index >= 15 is 0 Å². The predicted octanol–water partition coefficient (Wildman–Crippen LogP) is 1.83. The Labute approximate surface area is 126 Å². The van der Waals surface area contributed by atoms with Crippen molar-refractivity contribution < 1.29 is 17.9 Å². The minimum atomic E-state index is -3.47. The van der Waals surface area contributed by atoms with Crippen LogP contribution in [0.1, 0.15) is 20.3 Å². The first-order valence-electron chi connectivity index (χ1n) is 6.88. The van der Waals surface area contributed by atoms with Gasteiger partial charge in [-0.3, -0.25) is 4.72 Å². The fraction of sp³-hybridized carbons (Fsp3) is 0.571. The fourth-order valence-electron chi connectivity index (χ4n) is 1.72. The van der Waals surface area contributed by atoms with Gasteiger partial charge in [-0.25, -0.2) is 8.42 Å². The Morgan fingerprint density at radius 3 is 2.19 bits per heavy atom. The van der Waals surface area contributed by atoms with Crippen LogP contribution in [0, 0.1) is 0 Å². The van der Waals surface area contributed by atoms with Crippen LogP contribution < -0.4 is 19.5 Å². The molecule has 1 atom stereocenters. The Balaban J connectivity index is 2.83. The molecule has 7 heteroatoms. The second kappa shape index (κ2) is 8.09. The lowest BCUT2D eigenvalue weighted by Gasteiger charge is -2.16. The predicted molar refractivity (Wildman–Crippen MR) is 84.7 cm³/mol. The number of benzene rings is 1. The lowest BCUT2D eigenvalue weighted by atomic mass is 10.3. The van der Waals surface area contributed by atoms with Gasteiger partial charge in [0.15, 0.2) is 0 Å². The number of hydrogen-bond donors (Lipinski definition) is 2. The number of ether oxygens (including phenoxy) is 2. The Kier molecular flexibility index (Phi) is 6.77. The zero-order valence-corrected chi connectivity index (χ0v) is 13.8. The van der Waals surface area contributed by atoms with Crippen LogP contribution >= 0.6 is 0 Å². The summed E-state index contributed by atoms with van der Waals surface area (Å²) >= 11 is 0. The van der Waals surface area contributed by atoms with Crippen LogP contribution in [0.15, 0.2) is 18.2 Å². The number of anilines is 1. The van der Waals surface area contributed by atoms with Crippen molar-refractivity contribution in [3.63, 3.8) is 0 Å². The molecule has 0 spiro atoms. The van der Waals surface area contributed by atoms with Gasteiger partial charge in [-0.2, -0.15) is 0 Å². The lowest BCUT2D eigenvalue weighted by Crippen LogP contribution is -2.35. The van der Waals surface area contributed by atoms with Crippen LogP contribution in [0.25, 0.3) is 0 Å². The molecule has 0 saturated carbocycles. The molecule has 0 aromatic heterocycles. The molecule has 0 aliphatic carbocycles. The van der Waals surface area contributed by atoms with Gasteiger partial charge in [-0.1, -0.05) is 6.92 Å². The fourth-order valence-corrected chi connectivity index (χ4v) is 2.71. The van der Waals surface area contributed by atoms with E-state index in [0.717, 1.165) is 13.0 Å². The van der Waals surface area contributed by atoms with Crippen LogP contribution in [0.5, 0.6) is 11.5 Å². The van der Waals surface area contributed by atoms with Crippen molar-refractivity contribution in [1.82, 2.24) is 5.32 Å². The van der Waals surface area contributed by atoms with Gasteiger partial charge in [0.25, 0.3) is 0 Å². The van der Waals surface area contributed by atoms with E-state index in [1.807, 2.05) is 6.92 Å². The molecular formula is C14H24N2O4S. The van der Waals surface area contributed by atoms with Crippen molar-refractivity contribution >= 4 is 15.7 Å². The molecule has 0 bridgehead atoms. The minimum absolute atomic E-state index is 0.407. The van der Waals surface area contributed by atoms with Crippen LogP contribution in [0.3, 0.4) is 0 Å². The van der Waals surface area contributed by atoms with Crippen molar-refractivity contribution in [2.75, 3.05) is 32.0 Å². The van der Waals surface area contributed by atoms with Crippen LogP contribution in [-0.4, -0.2) is 41.0 Å². The molecule has 1 rings (SSSR count). The largest absolute Gasteiger partial charge is 0.497 e. The SMILES string of the molecule is CCCNCC(C)S(=O)(=O)Nc1cc(OC)cc(OC)c1. The van der Waals surface area contributed by atoms with Gasteiger partial charge in [0.1, 0.15) is 11.5 Å². The summed E-state index contributed by atoms with van der Waals surface area (Å²) < 4.78 is 37.3. The first-order valence-corrected chi connectivity index (χ1v) is 8.43. The standard InChI is InChI=1S/C14H24N2O4S/c1-5-6-15-10-11(2)21(17,18)16-12-7-13(19-3)9-14(8-12)20-4/h7-9,11,15-16H,5-6,10H2,1-4H3. The number of hydrogen-bond acceptors (Lipinski definition) is 5. The van der Waals surface area contributed by atoms with Crippen molar-refractivity contribution in [2.24, 2.45) is 0 Å². The molecule has 0 saturated heterocycles. The zero-order valence-electron chi connectivity index (χ0n) is 13.0. The number of sulfonamides is 1. The average molecular weight is 316 g/mol. The first-order chi connectivity index (χ1) is 9.92. The second-order valence-electron chi connectivity index (χ2n) is 4.76. The van der Waals surface area contributed by atoms with Crippen LogP contribution in [-0.2, 0) is 10.0 Å². The zero-order chi connectivity index (χ0) is 15.9. The van der Waals surface area contributed by atoms with Crippen molar-refractivity contribution in [2.45, 2.75) is 25.5 Å². The minimum Gasteiger partial charge on any atom is -0.497 e. The van der Waals surface area contributed by atoms with E-state index < -0.39 is 15.3 Å². The molecule has 6 nitrogen and oxygen atoms in total. The summed E-state index contributed by atoms with van der Waals surface area (Å²) in [5.74, 6) is 1.06. The summed E-state index contributed by atoms with van der Waals surface area (Å²) in [7, 11) is -0.431. The maximum Gasteiger partial charge on any atom is 0.236 e. The summed E-state index contributed by atoms with van der Waals surface area (Å²) in [4.78, 5) is 0. The van der Waals surface area contributed by atoms with E-state index in [-0.39, 0.29) is 0 Å². The second-order valence-corrected chi connectivity index (χ2v) is 6.86. The summed E-state index contributed by atoms with van der Waals surface area (Å²) in [5.41, 5.74) is 0.425. The molecule has 0 aliphatic heterocycles. The van der Waals surface area contributed by atoms with Gasteiger partial charge in [-0.05, 0) is 19.9 Å². The van der Waals surface area contributed by atoms with E-state index in [1.165, 1.54) is 14.2 Å². The van der Waals surface area contributed by atoms with Gasteiger partial charge in [0, 0.05) is 24.7 Å². The smallest absolute Gasteiger partial charge is 0.236 e. The van der Waals surface area contributed by atoms with E-state index in [0.29, 0.717) is 23.7 Å². The highest BCUT2D eigenvalue weighted by molar-refractivity contribution is 7.93. The highest BCUT2D eigenvalue weighted by atomic mass is 32.2. The molecule has 0 amide bonds. The maximum atomic E-state index is 12.3. The van der Waals surface area contributed by atoms with Gasteiger partial charge < -0.3 is 14.8 Å². The van der Waals surface area contributed by atoms with Gasteiger partial charge in [0.2, 0.25) is 10.0 Å². The van der Waals surface area contributed by atoms with E-state index in [4.69, 9.17) is 9.47 Å². The van der Waals surface area contributed by atoms with Crippen molar-refractivity contribution in [3.05, 3.63) is 18.2 Å². The van der Waals surface area contributed by atoms with E-state index in [9.17, 15) is 8.42 Å². The third-order valence-electron chi connectivity index (χ3n) is 3.00. The Morgan fingerprint density at radius 1 is 1.14 bits per heavy atom. The monoisotopic (exact) mass is 316 g/mol. The molecule has 1 unspecified atom stereocenters. The molecule has 2 N–H and O–H groups in total. The van der Waals surface area contributed by atoms with E-state index in [1.54, 1.807) is 25.1 Å². The number of methoxy groups -OCH3 is 2. The molecule has 0 fully saturated rings. The summed E-state index contributed by atoms with van der Waals surface area (Å²) in [6, 6.07) is 4.92. The first kappa shape index (κ1) is 17.6. The molecule has 1 aromatic carbocycles. The van der Waals surface area contributed by atoms with Crippen LogP contribution in [0.4, 0.5) is 5.69 Å². The summed E-state index contributed by atoms with van der Waals surface area (Å²) in [6.07, 6.45) is 0.966. The Hall–Kier alpha value is -1.47. The average Bonchev–Trinajstić information content (AvgIpc) is 2.46. The molecular weight excluding hydrogens is 292 g/mol. The third-order valence-corrected chi connectivity index (χ3v) is 4.75. The molecule has 0 radical (unpaired) electrons. The number of nitrogens with one attached hydrogen (secondary N) is 2. The third kappa shape index (κ3) is 5.43. The normalized spacial score (nSPS) is 12.8. The van der Waals surface area contributed by atoms with Crippen molar-refractivity contribution in [3.8, 4) is 11.5 Å². The lowest BCUT2D eigenvalue weighted by molar-refractivity contribution is 0.395. The molecule has 120 valence electrons. The van der Waals surface area contributed by atoms with Crippen molar-refractivity contribution in [1.29, 1.82) is 0 Å². The highest BCUT2D eigenvalue weighted by Crippen LogP contribution is 2.26.